The van der Waals surface area contributed by atoms with Gasteiger partial charge in [0, 0.05) is 19.8 Å². The first-order valence-corrected chi connectivity index (χ1v) is 6.09. The third-order valence-corrected chi connectivity index (χ3v) is 2.83. The van der Waals surface area contributed by atoms with Crippen LogP contribution in [-0.4, -0.2) is 14.1 Å². The number of para-hydroxylation sites is 1. The molecule has 2 aromatic carbocycles. The molecule has 0 heterocycles. The maximum absolute atomic E-state index is 9.00. The summed E-state index contributed by atoms with van der Waals surface area (Å²) < 4.78 is 5.71. The molecule has 0 aliphatic rings. The molecule has 0 fully saturated rings. The quantitative estimate of drug-likeness (QED) is 0.838. The fourth-order valence-electron chi connectivity index (χ4n) is 1.77. The van der Waals surface area contributed by atoms with Crippen LogP contribution < -0.4 is 9.64 Å². The Bertz CT molecular complexity index is 600. The van der Waals surface area contributed by atoms with E-state index in [0.29, 0.717) is 17.9 Å². The summed E-state index contributed by atoms with van der Waals surface area (Å²) in [4.78, 5) is 2.05. The minimum atomic E-state index is 0.459. The van der Waals surface area contributed by atoms with Crippen LogP contribution in [0.1, 0.15) is 11.1 Å². The minimum Gasteiger partial charge on any atom is -0.488 e. The molecule has 2 aromatic rings. The monoisotopic (exact) mass is 252 g/mol. The van der Waals surface area contributed by atoms with Crippen LogP contribution in [0.3, 0.4) is 0 Å². The molecule has 0 spiro atoms. The smallest absolute Gasteiger partial charge is 0.137 e. The van der Waals surface area contributed by atoms with Crippen molar-refractivity contribution in [3.63, 3.8) is 0 Å². The summed E-state index contributed by atoms with van der Waals surface area (Å²) in [5.41, 5.74) is 2.78. The molecule has 0 aliphatic carbocycles. The number of rotatable bonds is 4. The third-order valence-electron chi connectivity index (χ3n) is 2.83. The predicted octanol–water partition coefficient (Wildman–Crippen LogP) is 3.20. The molecule has 96 valence electrons. The Kier molecular flexibility index (Phi) is 4.04. The topological polar surface area (TPSA) is 36.3 Å². The Balaban J connectivity index is 2.11. The summed E-state index contributed by atoms with van der Waals surface area (Å²) in [6, 6.07) is 17.5. The normalized spacial score (nSPS) is 9.74. The summed E-state index contributed by atoms with van der Waals surface area (Å²) in [5.74, 6) is 0.625. The van der Waals surface area contributed by atoms with Gasteiger partial charge in [-0.2, -0.15) is 5.26 Å². The molecule has 0 bridgehead atoms. The van der Waals surface area contributed by atoms with Gasteiger partial charge in [-0.15, -0.1) is 0 Å². The number of benzene rings is 2. The fraction of sp³-hybridized carbons (Fsp3) is 0.188. The molecule has 0 atom stereocenters. The summed E-state index contributed by atoms with van der Waals surface area (Å²) in [6.07, 6.45) is 0. The van der Waals surface area contributed by atoms with Crippen LogP contribution in [0.2, 0.25) is 0 Å². The van der Waals surface area contributed by atoms with Gasteiger partial charge in [0.2, 0.25) is 0 Å². The van der Waals surface area contributed by atoms with Gasteiger partial charge in [0.1, 0.15) is 18.4 Å². The van der Waals surface area contributed by atoms with E-state index in [2.05, 4.69) is 12.1 Å². The third kappa shape index (κ3) is 3.26. The molecular formula is C16H16N2O. The van der Waals surface area contributed by atoms with E-state index in [1.54, 1.807) is 6.07 Å². The van der Waals surface area contributed by atoms with Gasteiger partial charge in [0.15, 0.2) is 0 Å². The first-order valence-electron chi connectivity index (χ1n) is 6.09. The van der Waals surface area contributed by atoms with Crippen molar-refractivity contribution < 1.29 is 4.74 Å². The van der Waals surface area contributed by atoms with E-state index in [1.165, 1.54) is 0 Å². The second kappa shape index (κ2) is 5.92. The lowest BCUT2D eigenvalue weighted by Gasteiger charge is -2.14. The number of hydrogen-bond donors (Lipinski definition) is 0. The first-order chi connectivity index (χ1) is 9.20. The SMILES string of the molecule is CN(C)c1cccc(COc2ccccc2C#N)c1. The van der Waals surface area contributed by atoms with Crippen molar-refractivity contribution in [1.82, 2.24) is 0 Å². The Labute approximate surface area is 113 Å². The zero-order chi connectivity index (χ0) is 13.7. The van der Waals surface area contributed by atoms with Gasteiger partial charge in [-0.25, -0.2) is 0 Å². The molecule has 0 aromatic heterocycles. The highest BCUT2D eigenvalue weighted by molar-refractivity contribution is 5.47. The molecule has 0 aliphatic heterocycles. The average Bonchev–Trinajstić information content (AvgIpc) is 2.45. The van der Waals surface area contributed by atoms with Crippen molar-refractivity contribution >= 4 is 5.69 Å². The van der Waals surface area contributed by atoms with Crippen molar-refractivity contribution in [1.29, 1.82) is 5.26 Å². The highest BCUT2D eigenvalue weighted by Crippen LogP contribution is 2.19. The zero-order valence-corrected chi connectivity index (χ0v) is 11.1. The molecule has 3 heteroatoms. The van der Waals surface area contributed by atoms with Gasteiger partial charge in [0.25, 0.3) is 0 Å². The van der Waals surface area contributed by atoms with Crippen LogP contribution in [0.5, 0.6) is 5.75 Å². The fourth-order valence-corrected chi connectivity index (χ4v) is 1.77. The maximum atomic E-state index is 9.00. The van der Waals surface area contributed by atoms with Gasteiger partial charge in [-0.3, -0.25) is 0 Å². The molecule has 0 radical (unpaired) electrons. The Hall–Kier alpha value is -2.47. The van der Waals surface area contributed by atoms with E-state index in [1.807, 2.05) is 55.4 Å². The van der Waals surface area contributed by atoms with E-state index in [-0.39, 0.29) is 0 Å². The van der Waals surface area contributed by atoms with Gasteiger partial charge < -0.3 is 9.64 Å². The van der Waals surface area contributed by atoms with Crippen LogP contribution in [0.25, 0.3) is 0 Å². The van der Waals surface area contributed by atoms with Crippen LogP contribution in [0.15, 0.2) is 48.5 Å². The molecular weight excluding hydrogens is 236 g/mol. The van der Waals surface area contributed by atoms with Crippen molar-refractivity contribution in [2.45, 2.75) is 6.61 Å². The zero-order valence-electron chi connectivity index (χ0n) is 11.1. The van der Waals surface area contributed by atoms with Crippen molar-refractivity contribution in [2.24, 2.45) is 0 Å². The van der Waals surface area contributed by atoms with Crippen LogP contribution in [0, 0.1) is 11.3 Å². The largest absolute Gasteiger partial charge is 0.488 e. The Morgan fingerprint density at radius 1 is 1.11 bits per heavy atom. The number of nitriles is 1. The van der Waals surface area contributed by atoms with Gasteiger partial charge in [-0.05, 0) is 29.8 Å². The minimum absolute atomic E-state index is 0.459. The maximum Gasteiger partial charge on any atom is 0.137 e. The molecule has 2 rings (SSSR count). The number of nitrogens with zero attached hydrogens (tertiary/aromatic N) is 2. The summed E-state index contributed by atoms with van der Waals surface area (Å²) in [6.45, 7) is 0.459. The number of anilines is 1. The summed E-state index contributed by atoms with van der Waals surface area (Å²) in [7, 11) is 4.01. The average molecular weight is 252 g/mol. The van der Waals surface area contributed by atoms with Gasteiger partial charge >= 0.3 is 0 Å². The van der Waals surface area contributed by atoms with Gasteiger partial charge in [0.05, 0.1) is 5.56 Å². The van der Waals surface area contributed by atoms with E-state index in [0.717, 1.165) is 11.3 Å². The van der Waals surface area contributed by atoms with Crippen molar-refractivity contribution in [2.75, 3.05) is 19.0 Å². The van der Waals surface area contributed by atoms with Gasteiger partial charge in [-0.1, -0.05) is 24.3 Å². The van der Waals surface area contributed by atoms with Crippen LogP contribution in [-0.2, 0) is 6.61 Å². The van der Waals surface area contributed by atoms with E-state index < -0.39 is 0 Å². The molecule has 19 heavy (non-hydrogen) atoms. The predicted molar refractivity (Wildman–Crippen MR) is 76.3 cm³/mol. The second-order valence-electron chi connectivity index (χ2n) is 4.46. The lowest BCUT2D eigenvalue weighted by atomic mass is 10.2. The molecule has 0 saturated carbocycles. The lowest BCUT2D eigenvalue weighted by Crippen LogP contribution is -2.09. The standard InChI is InChI=1S/C16H16N2O/c1-18(2)15-8-5-6-13(10-15)12-19-16-9-4-3-7-14(16)11-17/h3-10H,12H2,1-2H3. The van der Waals surface area contributed by atoms with Crippen molar-refractivity contribution in [3.8, 4) is 11.8 Å². The van der Waals surface area contributed by atoms with E-state index in [9.17, 15) is 0 Å². The van der Waals surface area contributed by atoms with Crippen molar-refractivity contribution in [3.05, 3.63) is 59.7 Å². The summed E-state index contributed by atoms with van der Waals surface area (Å²) in [5, 5.41) is 9.00. The molecule has 0 amide bonds. The van der Waals surface area contributed by atoms with E-state index in [4.69, 9.17) is 10.00 Å². The molecule has 0 unspecified atom stereocenters. The Morgan fingerprint density at radius 3 is 2.63 bits per heavy atom. The Morgan fingerprint density at radius 2 is 1.89 bits per heavy atom. The number of ether oxygens (including phenoxy) is 1. The van der Waals surface area contributed by atoms with E-state index >= 15 is 0 Å². The highest BCUT2D eigenvalue weighted by Gasteiger charge is 2.03. The summed E-state index contributed by atoms with van der Waals surface area (Å²) >= 11 is 0. The second-order valence-corrected chi connectivity index (χ2v) is 4.46. The van der Waals surface area contributed by atoms with Crippen LogP contribution in [0.4, 0.5) is 5.69 Å². The molecule has 0 saturated heterocycles. The highest BCUT2D eigenvalue weighted by atomic mass is 16.5. The van der Waals surface area contributed by atoms with Crippen LogP contribution >= 0.6 is 0 Å². The molecule has 3 nitrogen and oxygen atoms in total. The molecule has 0 N–H and O–H groups in total. The first kappa shape index (κ1) is 13.0. The number of hydrogen-bond acceptors (Lipinski definition) is 3. The lowest BCUT2D eigenvalue weighted by molar-refractivity contribution is 0.305.